The Balaban J connectivity index is 4.49. The molecule has 0 unspecified atom stereocenters. The van der Waals surface area contributed by atoms with Gasteiger partial charge in [-0.15, -0.1) is 0 Å². The zero-order valence-electron chi connectivity index (χ0n) is 4.98. The standard InChI is InChI=1S/C6H5BrN2/c1-5(3-7)6(4-8)9-2/h3H2,1H3. The van der Waals surface area contributed by atoms with Gasteiger partial charge in [-0.05, 0) is 5.57 Å². The Morgan fingerprint density at radius 1 is 1.89 bits per heavy atom. The predicted octanol–water partition coefficient (Wildman–Crippen LogP) is 2.10. The fourth-order valence-corrected chi connectivity index (χ4v) is 0.545. The van der Waals surface area contributed by atoms with Crippen molar-refractivity contribution in [3.8, 4) is 6.07 Å². The zero-order chi connectivity index (χ0) is 7.28. The molecule has 0 aromatic heterocycles. The second-order valence-electron chi connectivity index (χ2n) is 1.49. The number of halogens is 1. The van der Waals surface area contributed by atoms with E-state index in [2.05, 4.69) is 20.8 Å². The summed E-state index contributed by atoms with van der Waals surface area (Å²) in [5, 5.41) is 8.88. The van der Waals surface area contributed by atoms with E-state index in [0.717, 1.165) is 5.57 Å². The van der Waals surface area contributed by atoms with Crippen molar-refractivity contribution in [1.82, 2.24) is 0 Å². The summed E-state index contributed by atoms with van der Waals surface area (Å²) < 4.78 is 0. The van der Waals surface area contributed by atoms with E-state index in [1.807, 2.05) is 0 Å². The van der Waals surface area contributed by atoms with Gasteiger partial charge in [-0.25, -0.2) is 10.1 Å². The van der Waals surface area contributed by atoms with E-state index >= 15 is 0 Å². The largest absolute Gasteiger partial charge is 0.261 e. The highest BCUT2D eigenvalue weighted by Gasteiger charge is 1.96. The smallest absolute Gasteiger partial charge is 0.227 e. The first-order valence-electron chi connectivity index (χ1n) is 2.29. The zero-order valence-corrected chi connectivity index (χ0v) is 6.57. The molecule has 0 aliphatic carbocycles. The van der Waals surface area contributed by atoms with Crippen LogP contribution in [0.3, 0.4) is 0 Å². The van der Waals surface area contributed by atoms with Gasteiger partial charge in [-0.1, -0.05) is 22.9 Å². The minimum Gasteiger partial charge on any atom is -0.227 e. The Bertz CT molecular complexity index is 188. The van der Waals surface area contributed by atoms with Crippen LogP contribution in [0.4, 0.5) is 0 Å². The van der Waals surface area contributed by atoms with E-state index < -0.39 is 0 Å². The molecule has 0 aromatic carbocycles. The Kier molecular flexibility index (Phi) is 3.75. The van der Waals surface area contributed by atoms with Crippen molar-refractivity contribution in [3.05, 3.63) is 22.7 Å². The number of alkyl halides is 1. The predicted molar refractivity (Wildman–Crippen MR) is 38.7 cm³/mol. The highest BCUT2D eigenvalue weighted by Crippen LogP contribution is 2.06. The molecule has 0 fully saturated rings. The van der Waals surface area contributed by atoms with Crippen molar-refractivity contribution in [1.29, 1.82) is 5.26 Å². The maximum Gasteiger partial charge on any atom is 0.261 e. The Morgan fingerprint density at radius 3 is 2.56 bits per heavy atom. The summed E-state index contributed by atoms with van der Waals surface area (Å²) in [6.45, 7) is 8.27. The number of hydrogen-bond acceptors (Lipinski definition) is 1. The fraction of sp³-hybridized carbons (Fsp3) is 0.333. The molecule has 0 spiro atoms. The minimum absolute atomic E-state index is 0.187. The summed E-state index contributed by atoms with van der Waals surface area (Å²) in [4.78, 5) is 3.02. The molecule has 0 heterocycles. The lowest BCUT2D eigenvalue weighted by atomic mass is 10.3. The Hall–Kier alpha value is -0.800. The number of allylic oxidation sites excluding steroid dienone is 2. The van der Waals surface area contributed by atoms with Crippen LogP contribution in [0, 0.1) is 17.9 Å². The molecule has 0 saturated heterocycles. The van der Waals surface area contributed by atoms with Gasteiger partial charge < -0.3 is 0 Å². The van der Waals surface area contributed by atoms with Gasteiger partial charge in [0.1, 0.15) is 0 Å². The van der Waals surface area contributed by atoms with Crippen LogP contribution < -0.4 is 0 Å². The summed E-state index contributed by atoms with van der Waals surface area (Å²) in [6, 6.07) is 1.80. The van der Waals surface area contributed by atoms with Crippen molar-refractivity contribution < 1.29 is 0 Å². The number of rotatable bonds is 1. The molecule has 0 aromatic rings. The minimum atomic E-state index is 0.187. The molecule has 0 aliphatic heterocycles. The SMILES string of the molecule is [C-]#[N+]C(C#N)=C(C)CBr. The molecular formula is C6H5BrN2. The molecule has 0 saturated carbocycles. The monoisotopic (exact) mass is 184 g/mol. The molecule has 0 atom stereocenters. The van der Waals surface area contributed by atoms with Gasteiger partial charge >= 0.3 is 0 Å². The average Bonchev–Trinajstić information content (AvgIpc) is 1.90. The first-order valence-corrected chi connectivity index (χ1v) is 3.41. The third kappa shape index (κ3) is 2.30. The number of nitriles is 1. The highest BCUT2D eigenvalue weighted by molar-refractivity contribution is 9.09. The van der Waals surface area contributed by atoms with Gasteiger partial charge in [-0.3, -0.25) is 0 Å². The Morgan fingerprint density at radius 2 is 2.44 bits per heavy atom. The molecule has 0 rings (SSSR count). The van der Waals surface area contributed by atoms with E-state index in [4.69, 9.17) is 11.8 Å². The molecule has 2 nitrogen and oxygen atoms in total. The van der Waals surface area contributed by atoms with E-state index in [1.165, 1.54) is 0 Å². The quantitative estimate of drug-likeness (QED) is 0.349. The molecule has 0 radical (unpaired) electrons. The van der Waals surface area contributed by atoms with E-state index in [-0.39, 0.29) is 5.70 Å². The molecule has 46 valence electrons. The van der Waals surface area contributed by atoms with Crippen LogP contribution >= 0.6 is 15.9 Å². The first-order chi connectivity index (χ1) is 4.26. The molecule has 0 aliphatic rings. The van der Waals surface area contributed by atoms with Crippen molar-refractivity contribution in [3.63, 3.8) is 0 Å². The van der Waals surface area contributed by atoms with Gasteiger partial charge in [0.25, 0.3) is 5.70 Å². The third-order valence-electron chi connectivity index (χ3n) is 0.822. The van der Waals surface area contributed by atoms with Gasteiger partial charge in [0.2, 0.25) is 0 Å². The summed E-state index contributed by atoms with van der Waals surface area (Å²) in [5.74, 6) is 0. The average molecular weight is 185 g/mol. The van der Waals surface area contributed by atoms with Crippen molar-refractivity contribution >= 4 is 15.9 Å². The van der Waals surface area contributed by atoms with E-state index in [9.17, 15) is 0 Å². The Labute approximate surface area is 62.7 Å². The normalized spacial score (nSPS) is 11.1. The van der Waals surface area contributed by atoms with Gasteiger partial charge in [0.15, 0.2) is 0 Å². The van der Waals surface area contributed by atoms with Crippen LogP contribution in [0.5, 0.6) is 0 Å². The van der Waals surface area contributed by atoms with Crippen LogP contribution in [0.1, 0.15) is 6.92 Å². The fourth-order valence-electron chi connectivity index (χ4n) is 0.279. The topological polar surface area (TPSA) is 28.1 Å². The van der Waals surface area contributed by atoms with Crippen LogP contribution in [-0.2, 0) is 0 Å². The van der Waals surface area contributed by atoms with Crippen LogP contribution in [0.25, 0.3) is 4.85 Å². The molecular weight excluding hydrogens is 180 g/mol. The lowest BCUT2D eigenvalue weighted by Crippen LogP contribution is -1.80. The van der Waals surface area contributed by atoms with Crippen molar-refractivity contribution in [2.45, 2.75) is 6.92 Å². The number of nitrogens with zero attached hydrogens (tertiary/aromatic N) is 2. The molecule has 3 heteroatoms. The molecule has 0 bridgehead atoms. The third-order valence-corrected chi connectivity index (χ3v) is 1.66. The second-order valence-corrected chi connectivity index (χ2v) is 2.05. The van der Waals surface area contributed by atoms with Crippen molar-refractivity contribution in [2.24, 2.45) is 0 Å². The van der Waals surface area contributed by atoms with Crippen LogP contribution in [0.15, 0.2) is 11.3 Å². The van der Waals surface area contributed by atoms with Gasteiger partial charge in [0, 0.05) is 5.33 Å². The maximum atomic E-state index is 8.29. The van der Waals surface area contributed by atoms with E-state index in [1.54, 1.807) is 13.0 Å². The van der Waals surface area contributed by atoms with E-state index in [0.29, 0.717) is 5.33 Å². The first kappa shape index (κ1) is 8.20. The number of hydrogen-bond donors (Lipinski definition) is 0. The second kappa shape index (κ2) is 4.12. The summed E-state index contributed by atoms with van der Waals surface area (Å²) in [7, 11) is 0. The maximum absolute atomic E-state index is 8.29. The lowest BCUT2D eigenvalue weighted by molar-refractivity contribution is 1.36. The summed E-state index contributed by atoms with van der Waals surface area (Å²) in [5.41, 5.74) is 0.972. The lowest BCUT2D eigenvalue weighted by Gasteiger charge is -1.88. The van der Waals surface area contributed by atoms with Crippen LogP contribution in [-0.4, -0.2) is 5.33 Å². The summed E-state index contributed by atoms with van der Waals surface area (Å²) in [6.07, 6.45) is 0. The highest BCUT2D eigenvalue weighted by atomic mass is 79.9. The van der Waals surface area contributed by atoms with Crippen molar-refractivity contribution in [2.75, 3.05) is 5.33 Å². The van der Waals surface area contributed by atoms with Gasteiger partial charge in [-0.2, -0.15) is 0 Å². The van der Waals surface area contributed by atoms with Crippen LogP contribution in [0.2, 0.25) is 0 Å². The molecule has 9 heavy (non-hydrogen) atoms. The summed E-state index contributed by atoms with van der Waals surface area (Å²) >= 11 is 3.14. The molecule has 0 N–H and O–H groups in total. The molecule has 0 amide bonds. The van der Waals surface area contributed by atoms with Gasteiger partial charge in [0.05, 0.1) is 12.6 Å².